The number of hydrogen-bond acceptors (Lipinski definition) is 4. The quantitative estimate of drug-likeness (QED) is 0.677. The van der Waals surface area contributed by atoms with Crippen molar-refractivity contribution in [2.45, 2.75) is 18.9 Å². The number of rotatable bonds is 5. The van der Waals surface area contributed by atoms with Gasteiger partial charge in [0.25, 0.3) is 5.69 Å². The molecule has 1 aliphatic carbocycles. The number of carbonyl (C=O) groups is 1. The number of nitro benzene ring substituents is 1. The van der Waals surface area contributed by atoms with Crippen LogP contribution in [0.4, 0.5) is 11.4 Å². The fourth-order valence-electron chi connectivity index (χ4n) is 3.23. The molecule has 0 heterocycles. The Morgan fingerprint density at radius 1 is 1.29 bits per heavy atom. The van der Waals surface area contributed by atoms with Gasteiger partial charge in [0.05, 0.1) is 11.5 Å². The third-order valence-electron chi connectivity index (χ3n) is 4.37. The molecule has 0 saturated carbocycles. The average Bonchev–Trinajstić information content (AvgIpc) is 2.99. The van der Waals surface area contributed by atoms with Gasteiger partial charge >= 0.3 is 0 Å². The van der Waals surface area contributed by atoms with Gasteiger partial charge in [0, 0.05) is 23.9 Å². The van der Waals surface area contributed by atoms with Crippen LogP contribution < -0.4 is 5.32 Å². The lowest BCUT2D eigenvalue weighted by atomic mass is 10.1. The monoisotopic (exact) mass is 325 g/mol. The highest BCUT2D eigenvalue weighted by Crippen LogP contribution is 2.34. The van der Waals surface area contributed by atoms with Gasteiger partial charge in [-0.25, -0.2) is 0 Å². The summed E-state index contributed by atoms with van der Waals surface area (Å²) in [6.07, 6.45) is 2.03. The van der Waals surface area contributed by atoms with Crippen LogP contribution in [0.15, 0.2) is 48.5 Å². The minimum absolute atomic E-state index is 0.0362. The highest BCUT2D eigenvalue weighted by atomic mass is 16.6. The second kappa shape index (κ2) is 6.80. The summed E-state index contributed by atoms with van der Waals surface area (Å²) in [6, 6.07) is 14.5. The highest BCUT2D eigenvalue weighted by Gasteiger charge is 2.26. The van der Waals surface area contributed by atoms with E-state index in [1.807, 2.05) is 24.1 Å². The second-order valence-corrected chi connectivity index (χ2v) is 6.02. The molecule has 6 heteroatoms. The number of hydrogen-bond donors (Lipinski definition) is 1. The smallest absolute Gasteiger partial charge is 0.271 e. The zero-order valence-corrected chi connectivity index (χ0v) is 13.4. The first-order valence-corrected chi connectivity index (χ1v) is 7.87. The number of nitrogens with zero attached hydrogens (tertiary/aromatic N) is 2. The number of aryl methyl sites for hydroxylation is 1. The number of anilines is 1. The molecule has 1 aliphatic rings. The summed E-state index contributed by atoms with van der Waals surface area (Å²) in [4.78, 5) is 24.6. The Morgan fingerprint density at radius 3 is 2.88 bits per heavy atom. The topological polar surface area (TPSA) is 75.5 Å². The van der Waals surface area contributed by atoms with Gasteiger partial charge in [-0.1, -0.05) is 30.3 Å². The minimum Gasteiger partial charge on any atom is -0.325 e. The van der Waals surface area contributed by atoms with E-state index in [4.69, 9.17) is 0 Å². The zero-order chi connectivity index (χ0) is 17.1. The maximum Gasteiger partial charge on any atom is 0.271 e. The SMILES string of the molecule is CN(CC(=O)Nc1cccc([N+](=O)[O-])c1)[C@@H]1CCc2ccccc21. The standard InChI is InChI=1S/C18H19N3O3/c1-20(17-10-9-13-5-2-3-8-16(13)17)12-18(22)19-14-6-4-7-15(11-14)21(23)24/h2-8,11,17H,9-10,12H2,1H3,(H,19,22)/t17-/m1/s1. The van der Waals surface area contributed by atoms with E-state index in [9.17, 15) is 14.9 Å². The van der Waals surface area contributed by atoms with Gasteiger partial charge in [-0.3, -0.25) is 19.8 Å². The molecular weight excluding hydrogens is 306 g/mol. The number of amides is 1. The first kappa shape index (κ1) is 16.1. The van der Waals surface area contributed by atoms with Crippen LogP contribution in [0.25, 0.3) is 0 Å². The minimum atomic E-state index is -0.475. The van der Waals surface area contributed by atoms with E-state index < -0.39 is 4.92 Å². The maximum absolute atomic E-state index is 12.3. The summed E-state index contributed by atoms with van der Waals surface area (Å²) in [6.45, 7) is 0.238. The summed E-state index contributed by atoms with van der Waals surface area (Å²) < 4.78 is 0. The molecule has 0 spiro atoms. The molecule has 0 unspecified atom stereocenters. The van der Waals surface area contributed by atoms with Crippen molar-refractivity contribution in [1.82, 2.24) is 4.90 Å². The van der Waals surface area contributed by atoms with Crippen molar-refractivity contribution in [3.63, 3.8) is 0 Å². The summed E-state index contributed by atoms with van der Waals surface area (Å²) in [5, 5.41) is 13.5. The molecule has 0 radical (unpaired) electrons. The summed E-state index contributed by atoms with van der Waals surface area (Å²) in [5.41, 5.74) is 3.02. The Kier molecular flexibility index (Phi) is 4.57. The molecule has 2 aromatic rings. The molecule has 0 aromatic heterocycles. The molecule has 1 atom stereocenters. The molecule has 0 fully saturated rings. The summed E-state index contributed by atoms with van der Waals surface area (Å²) in [7, 11) is 1.93. The number of nitro groups is 1. The van der Waals surface area contributed by atoms with Crippen molar-refractivity contribution < 1.29 is 9.72 Å². The van der Waals surface area contributed by atoms with Gasteiger partial charge in [-0.05, 0) is 37.1 Å². The van der Waals surface area contributed by atoms with Crippen molar-refractivity contribution in [2.24, 2.45) is 0 Å². The van der Waals surface area contributed by atoms with Crippen LogP contribution in [0.1, 0.15) is 23.6 Å². The summed E-state index contributed by atoms with van der Waals surface area (Å²) >= 11 is 0. The average molecular weight is 325 g/mol. The van der Waals surface area contributed by atoms with Crippen LogP contribution in [0.5, 0.6) is 0 Å². The molecule has 3 rings (SSSR count). The number of fused-ring (bicyclic) bond motifs is 1. The van der Waals surface area contributed by atoms with Crippen LogP contribution in [0.2, 0.25) is 0 Å². The Morgan fingerprint density at radius 2 is 2.08 bits per heavy atom. The Labute approximate surface area is 140 Å². The lowest BCUT2D eigenvalue weighted by molar-refractivity contribution is -0.384. The van der Waals surface area contributed by atoms with E-state index in [1.165, 1.54) is 23.3 Å². The van der Waals surface area contributed by atoms with E-state index >= 15 is 0 Å². The normalized spacial score (nSPS) is 16.0. The molecule has 1 N–H and O–H groups in total. The fraction of sp³-hybridized carbons (Fsp3) is 0.278. The predicted molar refractivity (Wildman–Crippen MR) is 91.9 cm³/mol. The first-order chi connectivity index (χ1) is 11.5. The number of benzene rings is 2. The van der Waals surface area contributed by atoms with E-state index in [2.05, 4.69) is 17.4 Å². The van der Waals surface area contributed by atoms with Gasteiger partial charge in [0.15, 0.2) is 0 Å². The van der Waals surface area contributed by atoms with Gasteiger partial charge in [-0.15, -0.1) is 0 Å². The Balaban J connectivity index is 1.63. The molecule has 124 valence electrons. The van der Waals surface area contributed by atoms with Gasteiger partial charge < -0.3 is 5.32 Å². The van der Waals surface area contributed by atoms with Crippen LogP contribution in [-0.2, 0) is 11.2 Å². The molecule has 24 heavy (non-hydrogen) atoms. The largest absolute Gasteiger partial charge is 0.325 e. The van der Waals surface area contributed by atoms with E-state index in [0.717, 1.165) is 12.8 Å². The number of non-ortho nitro benzene ring substituents is 1. The summed E-state index contributed by atoms with van der Waals surface area (Å²) in [5.74, 6) is -0.178. The van der Waals surface area contributed by atoms with Crippen molar-refractivity contribution in [2.75, 3.05) is 18.9 Å². The molecule has 0 saturated heterocycles. The molecule has 0 bridgehead atoms. The second-order valence-electron chi connectivity index (χ2n) is 6.02. The van der Waals surface area contributed by atoms with Gasteiger partial charge in [0.1, 0.15) is 0 Å². The number of likely N-dealkylation sites (N-methyl/N-ethyl adjacent to an activating group) is 1. The van der Waals surface area contributed by atoms with Gasteiger partial charge in [-0.2, -0.15) is 0 Å². The van der Waals surface area contributed by atoms with Crippen LogP contribution in [0, 0.1) is 10.1 Å². The Hall–Kier alpha value is -2.73. The Bertz CT molecular complexity index is 776. The van der Waals surface area contributed by atoms with Crippen molar-refractivity contribution in [3.05, 3.63) is 69.8 Å². The number of nitrogens with one attached hydrogen (secondary N) is 1. The lowest BCUT2D eigenvalue weighted by Gasteiger charge is -2.24. The molecule has 1 amide bonds. The third kappa shape index (κ3) is 3.44. The molecular formula is C18H19N3O3. The van der Waals surface area contributed by atoms with Crippen LogP contribution in [0.3, 0.4) is 0 Å². The fourth-order valence-corrected chi connectivity index (χ4v) is 3.23. The first-order valence-electron chi connectivity index (χ1n) is 7.87. The zero-order valence-electron chi connectivity index (χ0n) is 13.4. The molecule has 2 aromatic carbocycles. The van der Waals surface area contributed by atoms with Crippen molar-refractivity contribution in [3.8, 4) is 0 Å². The van der Waals surface area contributed by atoms with Crippen molar-refractivity contribution in [1.29, 1.82) is 0 Å². The van der Waals surface area contributed by atoms with Gasteiger partial charge in [0.2, 0.25) is 5.91 Å². The lowest BCUT2D eigenvalue weighted by Crippen LogP contribution is -2.32. The van der Waals surface area contributed by atoms with Crippen molar-refractivity contribution >= 4 is 17.3 Å². The predicted octanol–water partition coefficient (Wildman–Crippen LogP) is 3.15. The van der Waals surface area contributed by atoms with E-state index in [1.54, 1.807) is 12.1 Å². The molecule has 6 nitrogen and oxygen atoms in total. The van der Waals surface area contributed by atoms with E-state index in [-0.39, 0.29) is 24.2 Å². The van der Waals surface area contributed by atoms with Crippen LogP contribution in [-0.4, -0.2) is 29.3 Å². The third-order valence-corrected chi connectivity index (χ3v) is 4.37. The molecule has 0 aliphatic heterocycles. The number of carbonyl (C=O) groups excluding carboxylic acids is 1. The maximum atomic E-state index is 12.3. The van der Waals surface area contributed by atoms with E-state index in [0.29, 0.717) is 5.69 Å². The highest BCUT2D eigenvalue weighted by molar-refractivity contribution is 5.92. The van der Waals surface area contributed by atoms with Crippen LogP contribution >= 0.6 is 0 Å².